The van der Waals surface area contributed by atoms with Crippen LogP contribution in [0.4, 0.5) is 11.4 Å². The normalized spacial score (nSPS) is 25.5. The van der Waals surface area contributed by atoms with Crippen LogP contribution in [0, 0.1) is 29.6 Å². The molecule has 2 saturated carbocycles. The molecule has 2 bridgehead atoms. The number of esters is 1. The highest BCUT2D eigenvalue weighted by molar-refractivity contribution is 9.10. The molecule has 3 aromatic carbocycles. The van der Waals surface area contributed by atoms with Crippen molar-refractivity contribution in [2.24, 2.45) is 34.7 Å². The number of rotatable bonds is 9. The van der Waals surface area contributed by atoms with Crippen LogP contribution < -0.4 is 25.0 Å². The molecule has 2 aliphatic carbocycles. The number of primary sulfonamides is 1. The smallest absolute Gasteiger partial charge is 0.338 e. The topological polar surface area (TPSA) is 195 Å². The first-order valence-corrected chi connectivity index (χ1v) is 20.8. The molecule has 8 rings (SSSR count). The molecular formula is C36H31BrN4O9S3. The summed E-state index contributed by atoms with van der Waals surface area (Å²) in [4.78, 5) is 71.1. The third kappa shape index (κ3) is 6.21. The van der Waals surface area contributed by atoms with Gasteiger partial charge in [-0.05, 0) is 97.8 Å². The van der Waals surface area contributed by atoms with Gasteiger partial charge < -0.3 is 19.8 Å². The van der Waals surface area contributed by atoms with Crippen molar-refractivity contribution in [3.63, 3.8) is 0 Å². The second-order valence-electron chi connectivity index (χ2n) is 13.3. The molecule has 2 aliphatic heterocycles. The number of H-pyrrole nitrogens is 1. The zero-order valence-electron chi connectivity index (χ0n) is 27.8. The van der Waals surface area contributed by atoms with E-state index in [2.05, 4.69) is 26.2 Å². The number of imide groups is 1. The molecule has 0 spiro atoms. The van der Waals surface area contributed by atoms with Crippen molar-refractivity contribution in [3.05, 3.63) is 96.9 Å². The molecule has 3 fully saturated rings. The third-order valence-corrected chi connectivity index (χ3v) is 14.5. The maximum Gasteiger partial charge on any atom is 0.338 e. The summed E-state index contributed by atoms with van der Waals surface area (Å²) in [6.07, 6.45) is 0.678. The van der Waals surface area contributed by atoms with E-state index in [0.717, 1.165) is 31.3 Å². The number of nitrogens with one attached hydrogen (secondary N) is 2. The van der Waals surface area contributed by atoms with Crippen molar-refractivity contribution in [2.75, 3.05) is 23.4 Å². The number of hydrogen-bond donors (Lipinski definition) is 3. The number of aromatic amines is 1. The Balaban J connectivity index is 1.08. The van der Waals surface area contributed by atoms with Gasteiger partial charge in [-0.3, -0.25) is 24.1 Å². The van der Waals surface area contributed by atoms with Crippen LogP contribution in [-0.4, -0.2) is 55.6 Å². The molecule has 4 unspecified atom stereocenters. The molecule has 3 heterocycles. The van der Waals surface area contributed by atoms with E-state index < -0.39 is 33.7 Å². The van der Waals surface area contributed by atoms with Crippen molar-refractivity contribution in [1.29, 1.82) is 0 Å². The Morgan fingerprint density at radius 2 is 1.70 bits per heavy atom. The molecule has 4 aliphatic rings. The summed E-state index contributed by atoms with van der Waals surface area (Å²) in [5.41, 5.74) is 1.82. The fourth-order valence-electron chi connectivity index (χ4n) is 8.54. The second-order valence-corrected chi connectivity index (χ2v) is 18.0. The van der Waals surface area contributed by atoms with Crippen LogP contribution in [0.1, 0.15) is 40.1 Å². The Morgan fingerprint density at radius 3 is 2.38 bits per heavy atom. The number of thioether (sulfide) groups is 1. The molecule has 0 radical (unpaired) electrons. The Morgan fingerprint density at radius 1 is 1.00 bits per heavy atom. The number of amides is 3. The largest absolute Gasteiger partial charge is 0.483 e. The number of fused-ring (bicyclic) bond motifs is 9. The molecular weight excluding hydrogens is 809 g/mol. The average Bonchev–Trinajstić information content (AvgIpc) is 3.86. The Kier molecular flexibility index (Phi) is 9.12. The van der Waals surface area contributed by atoms with Gasteiger partial charge >= 0.3 is 10.8 Å². The van der Waals surface area contributed by atoms with Crippen LogP contribution in [0.25, 0.3) is 0 Å². The van der Waals surface area contributed by atoms with E-state index in [4.69, 9.17) is 14.6 Å². The van der Waals surface area contributed by atoms with E-state index in [0.29, 0.717) is 29.1 Å². The number of hydrogen-bond acceptors (Lipinski definition) is 11. The molecule has 53 heavy (non-hydrogen) atoms. The monoisotopic (exact) mass is 838 g/mol. The standard InChI is InChI=1S/C36H31BrN4O9S3/c1-2-49-35(45)16-3-8-19(9-4-16)41-33(43)28-22-14-23(29(28)34(41)44)30-27(22)26(31-32(51-30)40-36(46)52-31)21-13-17(37)5-12-24(21)50-15-25(42)39-18-6-10-20(11-7-18)53(38,47)48/h3-13,22-23,26-30H,2,14-15H2,1H3,(H,39,42)(H,40,46)(H2,38,47,48)/t22-,23-,26-,27?,28?,29?,30?/m1/s1. The summed E-state index contributed by atoms with van der Waals surface area (Å²) in [5, 5.41) is 8.51. The molecule has 4 N–H and O–H groups in total. The summed E-state index contributed by atoms with van der Waals surface area (Å²) in [6.45, 7) is 1.57. The maximum atomic E-state index is 14.2. The highest BCUT2D eigenvalue weighted by atomic mass is 79.9. The van der Waals surface area contributed by atoms with E-state index >= 15 is 0 Å². The lowest BCUT2D eigenvalue weighted by atomic mass is 9.68. The van der Waals surface area contributed by atoms with Crippen LogP contribution in [0.5, 0.6) is 5.75 Å². The van der Waals surface area contributed by atoms with E-state index in [1.807, 2.05) is 6.07 Å². The van der Waals surface area contributed by atoms with E-state index in [1.54, 1.807) is 55.1 Å². The van der Waals surface area contributed by atoms with Crippen LogP contribution in [0.3, 0.4) is 0 Å². The minimum atomic E-state index is -3.89. The van der Waals surface area contributed by atoms with Crippen molar-refractivity contribution < 1.29 is 37.1 Å². The Labute approximate surface area is 319 Å². The predicted molar refractivity (Wildman–Crippen MR) is 199 cm³/mol. The predicted octanol–water partition coefficient (Wildman–Crippen LogP) is 4.72. The van der Waals surface area contributed by atoms with Crippen molar-refractivity contribution in [2.45, 2.75) is 34.4 Å². The molecule has 1 saturated heterocycles. The number of benzene rings is 3. The Bertz CT molecular complexity index is 2350. The summed E-state index contributed by atoms with van der Waals surface area (Å²) in [5.74, 6) is -2.95. The summed E-state index contributed by atoms with van der Waals surface area (Å²) in [6, 6.07) is 17.2. The number of nitrogens with two attached hydrogens (primary N) is 1. The van der Waals surface area contributed by atoms with Gasteiger partial charge in [-0.15, -0.1) is 11.8 Å². The first-order chi connectivity index (χ1) is 25.3. The first-order valence-electron chi connectivity index (χ1n) is 16.7. The van der Waals surface area contributed by atoms with Gasteiger partial charge in [-0.1, -0.05) is 27.3 Å². The van der Waals surface area contributed by atoms with Crippen LogP contribution in [-0.2, 0) is 29.1 Å². The van der Waals surface area contributed by atoms with Crippen molar-refractivity contribution in [1.82, 2.24) is 4.98 Å². The number of aromatic nitrogens is 1. The van der Waals surface area contributed by atoms with Gasteiger partial charge in [0.15, 0.2) is 6.61 Å². The number of anilines is 2. The van der Waals surface area contributed by atoms with E-state index in [1.165, 1.54) is 29.2 Å². The van der Waals surface area contributed by atoms with Crippen LogP contribution >= 0.6 is 39.0 Å². The number of halogens is 1. The minimum absolute atomic E-state index is 0.0812. The van der Waals surface area contributed by atoms with Crippen molar-refractivity contribution >= 4 is 84.1 Å². The summed E-state index contributed by atoms with van der Waals surface area (Å²) < 4.78 is 35.2. The zero-order valence-corrected chi connectivity index (χ0v) is 31.9. The number of sulfonamides is 1. The van der Waals surface area contributed by atoms with Gasteiger partial charge in [0, 0.05) is 31.8 Å². The number of carbonyl (C=O) groups is 4. The second kappa shape index (κ2) is 13.5. The quantitative estimate of drug-likeness (QED) is 0.157. The summed E-state index contributed by atoms with van der Waals surface area (Å²) >= 11 is 6.26. The van der Waals surface area contributed by atoms with Gasteiger partial charge in [-0.25, -0.2) is 18.4 Å². The van der Waals surface area contributed by atoms with Crippen molar-refractivity contribution in [3.8, 4) is 5.75 Å². The first kappa shape index (κ1) is 35.7. The fourth-order valence-corrected chi connectivity index (χ4v) is 12.3. The molecule has 17 heteroatoms. The number of carbonyl (C=O) groups excluding carboxylic acids is 4. The third-order valence-electron chi connectivity index (χ3n) is 10.5. The summed E-state index contributed by atoms with van der Waals surface area (Å²) in [7, 11) is -3.89. The SMILES string of the molecule is CCOC(=O)c1ccc(N2C(=O)C3C(C2=O)[C@@H]2C[C@H]3C3Sc4[nH]c(=O)sc4[C@H](c4cc(Br)ccc4OCC(=O)Nc4ccc(S(N)(=O)=O)cc4)C32)cc1. The number of thiazole rings is 1. The zero-order chi connectivity index (χ0) is 37.3. The number of nitrogens with zero attached hydrogens (tertiary/aromatic N) is 1. The number of ether oxygens (including phenoxy) is 2. The van der Waals surface area contributed by atoms with Crippen LogP contribution in [0.2, 0.25) is 0 Å². The van der Waals surface area contributed by atoms with Gasteiger partial charge in [0.1, 0.15) is 5.75 Å². The average molecular weight is 840 g/mol. The van der Waals surface area contributed by atoms with Gasteiger partial charge in [0.05, 0.1) is 39.6 Å². The van der Waals surface area contributed by atoms with Crippen LogP contribution in [0.15, 0.2) is 85.9 Å². The maximum absolute atomic E-state index is 14.2. The Hall–Kier alpha value is -4.29. The molecule has 274 valence electrons. The molecule has 4 aromatic rings. The van der Waals surface area contributed by atoms with E-state index in [-0.39, 0.29) is 63.7 Å². The highest BCUT2D eigenvalue weighted by Crippen LogP contribution is 2.69. The van der Waals surface area contributed by atoms with Gasteiger partial charge in [0.2, 0.25) is 21.8 Å². The van der Waals surface area contributed by atoms with Gasteiger partial charge in [0.25, 0.3) is 5.91 Å². The lowest BCUT2D eigenvalue weighted by Crippen LogP contribution is -2.42. The highest BCUT2D eigenvalue weighted by Gasteiger charge is 2.70. The minimum Gasteiger partial charge on any atom is -0.483 e. The van der Waals surface area contributed by atoms with E-state index in [9.17, 15) is 32.4 Å². The molecule has 7 atom stereocenters. The lowest BCUT2D eigenvalue weighted by Gasteiger charge is -2.43. The lowest BCUT2D eigenvalue weighted by molar-refractivity contribution is -0.123. The molecule has 1 aromatic heterocycles. The molecule has 3 amide bonds. The fraction of sp³-hybridized carbons (Fsp3) is 0.306. The molecule has 13 nitrogen and oxygen atoms in total. The van der Waals surface area contributed by atoms with Gasteiger partial charge in [-0.2, -0.15) is 0 Å².